The number of aromatic nitrogens is 1. The van der Waals surface area contributed by atoms with Crippen LogP contribution >= 0.6 is 0 Å². The molecule has 1 aromatic rings. The number of nitrogens with zero attached hydrogens (tertiary/aromatic N) is 2. The summed E-state index contributed by atoms with van der Waals surface area (Å²) in [5, 5.41) is 9.90. The molecule has 3 nitrogen and oxygen atoms in total. The summed E-state index contributed by atoms with van der Waals surface area (Å²) in [5.41, 5.74) is 3.06. The Morgan fingerprint density at radius 2 is 1.94 bits per heavy atom. The molecular formula is C13H20N2O. The Balaban J connectivity index is 2.62. The fourth-order valence-electron chi connectivity index (χ4n) is 2.32. The summed E-state index contributed by atoms with van der Waals surface area (Å²) < 4.78 is 0. The van der Waals surface area contributed by atoms with Gasteiger partial charge >= 0.3 is 0 Å². The molecule has 0 unspecified atom stereocenters. The minimum Gasteiger partial charge on any atom is -0.506 e. The van der Waals surface area contributed by atoms with Crippen LogP contribution in [0.4, 0.5) is 5.82 Å². The van der Waals surface area contributed by atoms with Gasteiger partial charge in [-0.15, -0.1) is 0 Å². The minimum absolute atomic E-state index is 0.149. The highest BCUT2D eigenvalue weighted by Gasteiger charge is 2.32. The lowest BCUT2D eigenvalue weighted by Gasteiger charge is -2.42. The van der Waals surface area contributed by atoms with E-state index in [0.717, 1.165) is 29.9 Å². The number of fused-ring (bicyclic) bond motifs is 1. The predicted octanol–water partition coefficient (Wildman–Crippen LogP) is 2.57. The van der Waals surface area contributed by atoms with Gasteiger partial charge in [0.05, 0.1) is 5.69 Å². The molecule has 2 heterocycles. The second-order valence-corrected chi connectivity index (χ2v) is 5.34. The summed E-state index contributed by atoms with van der Waals surface area (Å²) in [6.45, 7) is 8.30. The zero-order chi connectivity index (χ0) is 12.1. The maximum absolute atomic E-state index is 9.90. The Labute approximate surface area is 97.1 Å². The van der Waals surface area contributed by atoms with E-state index in [-0.39, 0.29) is 5.54 Å². The monoisotopic (exact) mass is 220 g/mol. The number of aryl methyl sites for hydroxylation is 1. The molecule has 0 spiro atoms. The molecule has 0 amide bonds. The van der Waals surface area contributed by atoms with Crippen LogP contribution in [0.3, 0.4) is 0 Å². The molecule has 0 bridgehead atoms. The van der Waals surface area contributed by atoms with E-state index in [9.17, 15) is 5.11 Å². The molecule has 1 N–H and O–H groups in total. The number of hydrogen-bond donors (Lipinski definition) is 1. The highest BCUT2D eigenvalue weighted by molar-refractivity contribution is 5.59. The second kappa shape index (κ2) is 3.37. The van der Waals surface area contributed by atoms with Gasteiger partial charge in [-0.25, -0.2) is 4.98 Å². The quantitative estimate of drug-likeness (QED) is 0.730. The fraction of sp³-hybridized carbons (Fsp3) is 0.615. The minimum atomic E-state index is 0.149. The van der Waals surface area contributed by atoms with Crippen LogP contribution in [0.25, 0.3) is 0 Å². The summed E-state index contributed by atoms with van der Waals surface area (Å²) in [5.74, 6) is 1.39. The average molecular weight is 220 g/mol. The van der Waals surface area contributed by atoms with Gasteiger partial charge < -0.3 is 10.0 Å². The highest BCUT2D eigenvalue weighted by Crippen LogP contribution is 2.39. The van der Waals surface area contributed by atoms with Gasteiger partial charge in [0.15, 0.2) is 0 Å². The van der Waals surface area contributed by atoms with Gasteiger partial charge in [0.2, 0.25) is 0 Å². The Bertz CT molecular complexity index is 438. The van der Waals surface area contributed by atoms with Crippen molar-refractivity contribution in [2.24, 2.45) is 0 Å². The smallest absolute Gasteiger partial charge is 0.140 e. The Morgan fingerprint density at radius 1 is 1.31 bits per heavy atom. The van der Waals surface area contributed by atoms with Crippen LogP contribution in [-0.4, -0.2) is 22.7 Å². The standard InChI is InChI=1S/C13H20N2O/c1-8-10-6-7-13(3,4)15(5)12(10)14-9(2)11(8)16/h16H,6-7H2,1-5H3. The third-order valence-corrected chi connectivity index (χ3v) is 3.91. The fourth-order valence-corrected chi connectivity index (χ4v) is 2.32. The first-order valence-corrected chi connectivity index (χ1v) is 5.77. The van der Waals surface area contributed by atoms with Crippen molar-refractivity contribution < 1.29 is 5.11 Å². The van der Waals surface area contributed by atoms with E-state index in [1.165, 1.54) is 5.56 Å². The molecule has 0 saturated carbocycles. The van der Waals surface area contributed by atoms with E-state index in [2.05, 4.69) is 30.8 Å². The van der Waals surface area contributed by atoms with Gasteiger partial charge in [0.1, 0.15) is 11.6 Å². The van der Waals surface area contributed by atoms with E-state index >= 15 is 0 Å². The van der Waals surface area contributed by atoms with E-state index in [4.69, 9.17) is 0 Å². The molecule has 0 fully saturated rings. The summed E-state index contributed by atoms with van der Waals surface area (Å²) in [6.07, 6.45) is 2.10. The van der Waals surface area contributed by atoms with Gasteiger partial charge in [0.25, 0.3) is 0 Å². The van der Waals surface area contributed by atoms with Crippen LogP contribution in [0.5, 0.6) is 5.75 Å². The number of pyridine rings is 1. The van der Waals surface area contributed by atoms with Crippen LogP contribution in [0.2, 0.25) is 0 Å². The first kappa shape index (κ1) is 11.2. The molecule has 0 saturated heterocycles. The van der Waals surface area contributed by atoms with Crippen molar-refractivity contribution in [2.45, 2.75) is 46.1 Å². The zero-order valence-electron chi connectivity index (χ0n) is 10.8. The molecule has 88 valence electrons. The molecule has 0 aromatic carbocycles. The van der Waals surface area contributed by atoms with E-state index < -0.39 is 0 Å². The molecule has 0 radical (unpaired) electrons. The Morgan fingerprint density at radius 3 is 2.56 bits per heavy atom. The molecule has 16 heavy (non-hydrogen) atoms. The molecule has 1 aliphatic heterocycles. The summed E-state index contributed by atoms with van der Waals surface area (Å²) in [4.78, 5) is 6.75. The van der Waals surface area contributed by atoms with Crippen LogP contribution < -0.4 is 4.90 Å². The van der Waals surface area contributed by atoms with Crippen molar-refractivity contribution in [3.63, 3.8) is 0 Å². The van der Waals surface area contributed by atoms with Crippen LogP contribution in [0.15, 0.2) is 0 Å². The molecule has 2 rings (SSSR count). The van der Waals surface area contributed by atoms with Crippen molar-refractivity contribution >= 4 is 5.82 Å². The van der Waals surface area contributed by atoms with E-state index in [0.29, 0.717) is 5.75 Å². The lowest BCUT2D eigenvalue weighted by Crippen LogP contribution is -2.45. The number of hydrogen-bond acceptors (Lipinski definition) is 3. The van der Waals surface area contributed by atoms with Gasteiger partial charge in [-0.2, -0.15) is 0 Å². The average Bonchev–Trinajstić information content (AvgIpc) is 2.21. The maximum Gasteiger partial charge on any atom is 0.140 e. The molecule has 0 aliphatic carbocycles. The molecule has 0 atom stereocenters. The van der Waals surface area contributed by atoms with Crippen LogP contribution in [-0.2, 0) is 6.42 Å². The summed E-state index contributed by atoms with van der Waals surface area (Å²) >= 11 is 0. The lowest BCUT2D eigenvalue weighted by atomic mass is 9.87. The number of anilines is 1. The van der Waals surface area contributed by atoms with E-state index in [1.54, 1.807) is 0 Å². The highest BCUT2D eigenvalue weighted by atomic mass is 16.3. The van der Waals surface area contributed by atoms with Gasteiger partial charge in [-0.3, -0.25) is 0 Å². The largest absolute Gasteiger partial charge is 0.506 e. The topological polar surface area (TPSA) is 36.4 Å². The molecular weight excluding hydrogens is 200 g/mol. The van der Waals surface area contributed by atoms with Gasteiger partial charge in [-0.1, -0.05) is 0 Å². The number of rotatable bonds is 0. The van der Waals surface area contributed by atoms with E-state index in [1.807, 2.05) is 13.8 Å². The van der Waals surface area contributed by atoms with Crippen molar-refractivity contribution in [3.8, 4) is 5.75 Å². The third-order valence-electron chi connectivity index (χ3n) is 3.91. The normalized spacial score (nSPS) is 18.4. The number of aromatic hydroxyl groups is 1. The zero-order valence-corrected chi connectivity index (χ0v) is 10.8. The first-order valence-electron chi connectivity index (χ1n) is 5.77. The second-order valence-electron chi connectivity index (χ2n) is 5.34. The maximum atomic E-state index is 9.90. The Kier molecular flexibility index (Phi) is 2.37. The van der Waals surface area contributed by atoms with Crippen molar-refractivity contribution in [1.82, 2.24) is 4.98 Å². The Hall–Kier alpha value is -1.25. The molecule has 3 heteroatoms. The molecule has 1 aliphatic rings. The van der Waals surface area contributed by atoms with Crippen molar-refractivity contribution in [3.05, 3.63) is 16.8 Å². The van der Waals surface area contributed by atoms with Gasteiger partial charge in [0, 0.05) is 18.2 Å². The predicted molar refractivity (Wildman–Crippen MR) is 66.2 cm³/mol. The summed E-state index contributed by atoms with van der Waals surface area (Å²) in [6, 6.07) is 0. The van der Waals surface area contributed by atoms with Gasteiger partial charge in [-0.05, 0) is 46.1 Å². The summed E-state index contributed by atoms with van der Waals surface area (Å²) in [7, 11) is 2.08. The van der Waals surface area contributed by atoms with Crippen LogP contribution in [0.1, 0.15) is 37.1 Å². The van der Waals surface area contributed by atoms with Crippen LogP contribution in [0, 0.1) is 13.8 Å². The van der Waals surface area contributed by atoms with Crippen molar-refractivity contribution in [2.75, 3.05) is 11.9 Å². The third kappa shape index (κ3) is 1.46. The van der Waals surface area contributed by atoms with Crippen molar-refractivity contribution in [1.29, 1.82) is 0 Å². The SMILES string of the molecule is Cc1nc2c(c(C)c1O)CCC(C)(C)N2C. The lowest BCUT2D eigenvalue weighted by molar-refractivity contribution is 0.418. The molecule has 1 aromatic heterocycles. The first-order chi connectivity index (χ1) is 7.34.